The molecule has 1 aromatic heterocycles. The number of nitrogens with two attached hydrogens (primary N) is 1. The molecule has 9 nitrogen and oxygen atoms in total. The van der Waals surface area contributed by atoms with Gasteiger partial charge in [-0.25, -0.2) is 9.78 Å². The number of nitrogens with zero attached hydrogens (tertiary/aromatic N) is 4. The Hall–Kier alpha value is -2.88. The van der Waals surface area contributed by atoms with E-state index in [1.807, 2.05) is 13.8 Å². The highest BCUT2D eigenvalue weighted by Crippen LogP contribution is 2.38. The van der Waals surface area contributed by atoms with Crippen LogP contribution in [0.25, 0.3) is 0 Å². The molecule has 1 aromatic carbocycles. The Morgan fingerprint density at radius 2 is 1.83 bits per heavy atom. The van der Waals surface area contributed by atoms with E-state index in [4.69, 9.17) is 20.4 Å². The van der Waals surface area contributed by atoms with Crippen molar-refractivity contribution in [2.75, 3.05) is 53.7 Å². The molecule has 3 N–H and O–H groups in total. The van der Waals surface area contributed by atoms with Crippen LogP contribution >= 0.6 is 0 Å². The number of aromatic nitrogens is 2. The molecule has 0 radical (unpaired) electrons. The summed E-state index contributed by atoms with van der Waals surface area (Å²) in [4.78, 5) is 26.3. The Morgan fingerprint density at radius 1 is 1.11 bits per heavy atom. The van der Waals surface area contributed by atoms with Crippen LogP contribution in [-0.4, -0.2) is 64.3 Å². The number of hydrogen-bond acceptors (Lipinski definition) is 8. The third kappa shape index (κ3) is 4.22. The molecule has 0 spiro atoms. The van der Waals surface area contributed by atoms with Gasteiger partial charge in [0.2, 0.25) is 5.95 Å². The Morgan fingerprint density at radius 3 is 2.49 bits per heavy atom. The summed E-state index contributed by atoms with van der Waals surface area (Å²) in [5.41, 5.74) is 9.74. The fourth-order valence-electron chi connectivity index (χ4n) is 5.76. The van der Waals surface area contributed by atoms with E-state index in [0.29, 0.717) is 40.7 Å². The number of carbonyl (C=O) groups is 1. The average Bonchev–Trinajstić information content (AvgIpc) is 3.46. The Bertz CT molecular complexity index is 1200. The van der Waals surface area contributed by atoms with E-state index in [1.165, 1.54) is 29.7 Å². The number of anilines is 3. The molecular weight excluding hydrogens is 464 g/mol. The Labute approximate surface area is 207 Å². The number of ether oxygens (including phenoxy) is 1. The maximum Gasteiger partial charge on any atom is 0.404 e. The summed E-state index contributed by atoms with van der Waals surface area (Å²) < 4.78 is 17.7. The molecule has 35 heavy (non-hydrogen) atoms. The molecule has 3 aliphatic heterocycles. The second kappa shape index (κ2) is 8.36. The predicted octanol–water partition coefficient (Wildman–Crippen LogP) is 2.10. The normalized spacial score (nSPS) is 24.6. The first-order valence-electron chi connectivity index (χ1n) is 12.4. The highest BCUT2D eigenvalue weighted by molar-refractivity contribution is 7.85. The smallest absolute Gasteiger partial charge is 0.404 e. The van der Waals surface area contributed by atoms with Gasteiger partial charge in [-0.2, -0.15) is 4.98 Å². The molecule has 0 bridgehead atoms. The molecule has 1 aliphatic carbocycles. The van der Waals surface area contributed by atoms with Gasteiger partial charge in [0.25, 0.3) is 0 Å². The molecule has 0 saturated carbocycles. The third-order valence-corrected chi connectivity index (χ3v) is 9.15. The number of fused-ring (bicyclic) bond motifs is 3. The molecule has 1 amide bonds. The molecule has 186 valence electrons. The summed E-state index contributed by atoms with van der Waals surface area (Å²) in [5.74, 6) is 2.97. The summed E-state index contributed by atoms with van der Waals surface area (Å²) in [6.07, 6.45) is 2.28. The quantitative estimate of drug-likeness (QED) is 0.625. The minimum Gasteiger partial charge on any atom is -0.447 e. The standard InChI is InChI=1S/C25H32N6O3S/c1-25(2,14-34-23(26)32)29-22-21-20(7-8-35(21)33)27-24(28-22)31-12-17-10-30(11-18(17)13-31)19-6-5-15-3-4-16(15)9-19/h5-6,9,17-18H,3-4,7-8,10-14H2,1-2H3,(H2,26,32)(H,27,28,29)/t17-,18+,35-/m0/s1. The lowest BCUT2D eigenvalue weighted by atomic mass is 9.88. The molecule has 6 rings (SSSR count). The van der Waals surface area contributed by atoms with Crippen LogP contribution in [0.15, 0.2) is 23.1 Å². The molecule has 0 unspecified atom stereocenters. The zero-order chi connectivity index (χ0) is 24.3. The van der Waals surface area contributed by atoms with Crippen LogP contribution in [0.3, 0.4) is 0 Å². The SMILES string of the molecule is CC(C)(COC(N)=O)Nc1nc(N2C[C@H]3CN(c4ccc5c(c4)CC5)C[C@H]3C2)nc2c1[S@@](=O)CC2. The van der Waals surface area contributed by atoms with Gasteiger partial charge in [0.1, 0.15) is 17.3 Å². The molecular formula is C25H32N6O3S. The van der Waals surface area contributed by atoms with E-state index in [9.17, 15) is 9.00 Å². The van der Waals surface area contributed by atoms with Crippen LogP contribution in [0.5, 0.6) is 0 Å². The fourth-order valence-corrected chi connectivity index (χ4v) is 7.07. The van der Waals surface area contributed by atoms with Crippen LogP contribution < -0.4 is 20.9 Å². The number of nitrogens with one attached hydrogen (secondary N) is 1. The van der Waals surface area contributed by atoms with Crippen molar-refractivity contribution in [1.29, 1.82) is 0 Å². The van der Waals surface area contributed by atoms with Gasteiger partial charge in [0.15, 0.2) is 0 Å². The zero-order valence-electron chi connectivity index (χ0n) is 20.2. The van der Waals surface area contributed by atoms with E-state index in [2.05, 4.69) is 33.3 Å². The van der Waals surface area contributed by atoms with E-state index < -0.39 is 22.4 Å². The van der Waals surface area contributed by atoms with Crippen LogP contribution in [0, 0.1) is 11.8 Å². The molecule has 4 heterocycles. The van der Waals surface area contributed by atoms with Gasteiger partial charge in [0, 0.05) is 55.9 Å². The number of amides is 1. The minimum atomic E-state index is -1.14. The molecule has 4 aliphatic rings. The highest BCUT2D eigenvalue weighted by Gasteiger charge is 2.42. The van der Waals surface area contributed by atoms with Crippen LogP contribution in [0.4, 0.5) is 22.2 Å². The second-order valence-electron chi connectivity index (χ2n) is 10.8. The number of aryl methyl sites for hydroxylation is 3. The number of benzene rings is 1. The van der Waals surface area contributed by atoms with Gasteiger partial charge >= 0.3 is 6.09 Å². The van der Waals surface area contributed by atoms with Gasteiger partial charge in [-0.15, -0.1) is 0 Å². The maximum absolute atomic E-state index is 12.7. The molecule has 2 fully saturated rings. The maximum atomic E-state index is 12.7. The Balaban J connectivity index is 1.19. The summed E-state index contributed by atoms with van der Waals surface area (Å²) in [7, 11) is -1.14. The van der Waals surface area contributed by atoms with Crippen molar-refractivity contribution in [3.05, 3.63) is 35.0 Å². The van der Waals surface area contributed by atoms with E-state index in [1.54, 1.807) is 0 Å². The molecule has 2 saturated heterocycles. The highest BCUT2D eigenvalue weighted by atomic mass is 32.2. The van der Waals surface area contributed by atoms with Gasteiger partial charge in [-0.1, -0.05) is 6.07 Å². The minimum absolute atomic E-state index is 0.0788. The lowest BCUT2D eigenvalue weighted by Gasteiger charge is -2.28. The molecule has 2 aromatic rings. The lowest BCUT2D eigenvalue weighted by molar-refractivity contribution is 0.138. The zero-order valence-corrected chi connectivity index (χ0v) is 21.1. The van der Waals surface area contributed by atoms with Crippen LogP contribution in [0.1, 0.15) is 30.7 Å². The number of hydrogen-bond donors (Lipinski definition) is 2. The van der Waals surface area contributed by atoms with Crippen molar-refractivity contribution in [3.63, 3.8) is 0 Å². The molecule has 10 heteroatoms. The first kappa shape index (κ1) is 22.6. The number of rotatable bonds is 6. The van der Waals surface area contributed by atoms with Gasteiger partial charge in [-0.3, -0.25) is 4.21 Å². The van der Waals surface area contributed by atoms with E-state index in [0.717, 1.165) is 31.9 Å². The van der Waals surface area contributed by atoms with Crippen molar-refractivity contribution < 1.29 is 13.7 Å². The average molecular weight is 497 g/mol. The van der Waals surface area contributed by atoms with Crippen molar-refractivity contribution in [3.8, 4) is 0 Å². The summed E-state index contributed by atoms with van der Waals surface area (Å²) in [5, 5.41) is 3.35. The first-order chi connectivity index (χ1) is 16.8. The van der Waals surface area contributed by atoms with Crippen LogP contribution in [-0.2, 0) is 34.8 Å². The predicted molar refractivity (Wildman–Crippen MR) is 136 cm³/mol. The Kier molecular flexibility index (Phi) is 5.39. The monoisotopic (exact) mass is 496 g/mol. The summed E-state index contributed by atoms with van der Waals surface area (Å²) >= 11 is 0. The van der Waals surface area contributed by atoms with Gasteiger partial charge < -0.3 is 25.6 Å². The third-order valence-electron chi connectivity index (χ3n) is 7.70. The van der Waals surface area contributed by atoms with Crippen LogP contribution in [0.2, 0.25) is 0 Å². The molecule has 3 atom stereocenters. The van der Waals surface area contributed by atoms with Crippen molar-refractivity contribution in [2.24, 2.45) is 17.6 Å². The lowest BCUT2D eigenvalue weighted by Crippen LogP contribution is -2.39. The number of primary amides is 1. The van der Waals surface area contributed by atoms with E-state index >= 15 is 0 Å². The largest absolute Gasteiger partial charge is 0.447 e. The van der Waals surface area contributed by atoms with Crippen molar-refractivity contribution in [2.45, 2.75) is 43.5 Å². The second-order valence-corrected chi connectivity index (χ2v) is 12.4. The topological polar surface area (TPSA) is 114 Å². The van der Waals surface area contributed by atoms with Crippen molar-refractivity contribution in [1.82, 2.24) is 9.97 Å². The first-order valence-corrected chi connectivity index (χ1v) is 13.7. The van der Waals surface area contributed by atoms with Gasteiger partial charge in [0.05, 0.1) is 22.0 Å². The summed E-state index contributed by atoms with van der Waals surface area (Å²) in [6, 6.07) is 6.95. The van der Waals surface area contributed by atoms with E-state index in [-0.39, 0.29) is 6.61 Å². The number of carbonyl (C=O) groups excluding carboxylic acids is 1. The van der Waals surface area contributed by atoms with Crippen molar-refractivity contribution >= 4 is 34.3 Å². The fraction of sp³-hybridized carbons (Fsp3) is 0.560. The van der Waals surface area contributed by atoms with Gasteiger partial charge in [-0.05, 0) is 49.9 Å². The summed E-state index contributed by atoms with van der Waals surface area (Å²) in [6.45, 7) is 7.81.